The van der Waals surface area contributed by atoms with Gasteiger partial charge in [0.05, 0.1) is 12.7 Å². The smallest absolute Gasteiger partial charge is 0.305 e. The third kappa shape index (κ3) is 5.54. The Morgan fingerprint density at radius 3 is 2.43 bits per heavy atom. The van der Waals surface area contributed by atoms with Crippen LogP contribution in [-0.4, -0.2) is 26.0 Å². The Morgan fingerprint density at radius 2 is 2.00 bits per heavy atom. The van der Waals surface area contributed by atoms with E-state index < -0.39 is 6.16 Å². The van der Waals surface area contributed by atoms with E-state index in [-0.39, 0.29) is 6.10 Å². The van der Waals surface area contributed by atoms with Gasteiger partial charge < -0.3 is 9.47 Å². The van der Waals surface area contributed by atoms with Crippen molar-refractivity contribution in [2.24, 2.45) is 0 Å². The van der Waals surface area contributed by atoms with Gasteiger partial charge in [0.15, 0.2) is 0 Å². The molecule has 0 aliphatic heterocycles. The van der Waals surface area contributed by atoms with Crippen molar-refractivity contribution in [1.82, 2.24) is 0 Å². The van der Waals surface area contributed by atoms with E-state index in [0.717, 1.165) is 19.3 Å². The first-order chi connectivity index (χ1) is 6.58. The van der Waals surface area contributed by atoms with Crippen molar-refractivity contribution in [3.05, 3.63) is 0 Å². The molecule has 2 unspecified atom stereocenters. The highest BCUT2D eigenvalue weighted by Gasteiger charge is 2.33. The molecule has 1 radical (unpaired) electrons. The zero-order valence-corrected chi connectivity index (χ0v) is 9.54. The number of ether oxygens (including phenoxy) is 3. The van der Waals surface area contributed by atoms with Crippen molar-refractivity contribution in [2.45, 2.75) is 52.3 Å². The van der Waals surface area contributed by atoms with Gasteiger partial charge in [0, 0.05) is 7.11 Å². The van der Waals surface area contributed by atoms with Crippen LogP contribution in [0.4, 0.5) is 0 Å². The molecule has 14 heavy (non-hydrogen) atoms. The molecule has 0 rings (SSSR count). The summed E-state index contributed by atoms with van der Waals surface area (Å²) in [6.07, 6.45) is 0.268. The van der Waals surface area contributed by atoms with E-state index >= 15 is 0 Å². The summed E-state index contributed by atoms with van der Waals surface area (Å²) in [4.78, 5) is 0. The Hall–Kier alpha value is -0.160. The Balaban J connectivity index is 3.90. The van der Waals surface area contributed by atoms with E-state index in [1.54, 1.807) is 0 Å². The molecule has 0 N–H and O–H groups in total. The molecule has 2 atom stereocenters. The highest BCUT2D eigenvalue weighted by molar-refractivity contribution is 4.47. The van der Waals surface area contributed by atoms with Crippen LogP contribution in [0.15, 0.2) is 0 Å². The summed E-state index contributed by atoms with van der Waals surface area (Å²) in [6.45, 7) is 6.14. The fourth-order valence-electron chi connectivity index (χ4n) is 0.812. The van der Waals surface area contributed by atoms with E-state index in [9.17, 15) is 5.11 Å². The van der Waals surface area contributed by atoms with Gasteiger partial charge in [0.1, 0.15) is 0 Å². The monoisotopic (exact) mass is 205 g/mol. The Kier molecular flexibility index (Phi) is 7.09. The number of hydrogen-bond acceptors (Lipinski definition) is 3. The Bertz CT molecular complexity index is 140. The molecular weight excluding hydrogens is 184 g/mol. The maximum atomic E-state index is 11.6. The van der Waals surface area contributed by atoms with Gasteiger partial charge in [-0.2, -0.15) is 0 Å². The summed E-state index contributed by atoms with van der Waals surface area (Å²) < 4.78 is 14.7. The molecule has 0 saturated carbocycles. The first kappa shape index (κ1) is 13.8. The largest absolute Gasteiger partial charge is 0.439 e. The molecule has 0 fully saturated rings. The molecular formula is C10H21O4. The molecule has 0 heterocycles. The van der Waals surface area contributed by atoms with Crippen LogP contribution >= 0.6 is 0 Å². The second kappa shape index (κ2) is 7.17. The number of unbranched alkanes of at least 4 members (excludes halogenated alkanes) is 1. The van der Waals surface area contributed by atoms with Gasteiger partial charge >= 0.3 is 6.16 Å². The quantitative estimate of drug-likeness (QED) is 0.451. The molecule has 4 nitrogen and oxygen atoms in total. The minimum absolute atomic E-state index is 0.158. The fraction of sp³-hybridized carbons (Fsp3) is 1.00. The van der Waals surface area contributed by atoms with Gasteiger partial charge in [-0.05, 0) is 19.8 Å². The number of hydrogen-bond donors (Lipinski definition) is 0. The topological polar surface area (TPSA) is 47.6 Å². The van der Waals surface area contributed by atoms with Crippen LogP contribution in [0.25, 0.3) is 0 Å². The molecule has 85 valence electrons. The zero-order valence-electron chi connectivity index (χ0n) is 9.54. The van der Waals surface area contributed by atoms with Crippen molar-refractivity contribution in [2.75, 3.05) is 13.7 Å². The second-order valence-electron chi connectivity index (χ2n) is 3.24. The van der Waals surface area contributed by atoms with E-state index in [4.69, 9.17) is 9.47 Å². The molecule has 0 saturated heterocycles. The van der Waals surface area contributed by atoms with E-state index in [1.165, 1.54) is 7.11 Å². The molecule has 0 aromatic carbocycles. The molecule has 0 aromatic rings. The first-order valence-electron chi connectivity index (χ1n) is 5.15. The van der Waals surface area contributed by atoms with Gasteiger partial charge in [0.25, 0.3) is 0 Å². The van der Waals surface area contributed by atoms with Gasteiger partial charge in [-0.15, -0.1) is 5.11 Å². The maximum Gasteiger partial charge on any atom is 0.439 e. The van der Waals surface area contributed by atoms with Crippen LogP contribution in [0.5, 0.6) is 0 Å². The Morgan fingerprint density at radius 1 is 1.36 bits per heavy atom. The molecule has 0 aromatic heterocycles. The summed E-state index contributed by atoms with van der Waals surface area (Å²) >= 11 is 0. The van der Waals surface area contributed by atoms with Crippen molar-refractivity contribution in [3.8, 4) is 0 Å². The molecule has 4 heteroatoms. The lowest BCUT2D eigenvalue weighted by Gasteiger charge is -2.26. The van der Waals surface area contributed by atoms with E-state index in [2.05, 4.69) is 4.74 Å². The molecule has 0 aliphatic rings. The third-order valence-corrected chi connectivity index (χ3v) is 1.95. The van der Waals surface area contributed by atoms with Crippen LogP contribution < -0.4 is 0 Å². The lowest BCUT2D eigenvalue weighted by atomic mass is 10.3. The summed E-state index contributed by atoms with van der Waals surface area (Å²) in [7, 11) is 1.29. The average molecular weight is 205 g/mol. The predicted molar refractivity (Wildman–Crippen MR) is 52.1 cm³/mol. The molecule has 0 aliphatic carbocycles. The zero-order chi connectivity index (χ0) is 11.0. The predicted octanol–water partition coefficient (Wildman–Crippen LogP) is 2.31. The average Bonchev–Trinajstić information content (AvgIpc) is 2.18. The second-order valence-corrected chi connectivity index (χ2v) is 3.24. The Labute approximate surface area is 86.2 Å². The van der Waals surface area contributed by atoms with E-state index in [1.807, 2.05) is 20.8 Å². The normalized spacial score (nSPS) is 17.8. The first-order valence-corrected chi connectivity index (χ1v) is 5.15. The molecule has 0 spiro atoms. The lowest BCUT2D eigenvalue weighted by Crippen LogP contribution is -2.39. The summed E-state index contributed by atoms with van der Waals surface area (Å²) in [5.41, 5.74) is 0. The number of rotatable bonds is 8. The third-order valence-electron chi connectivity index (χ3n) is 1.95. The van der Waals surface area contributed by atoms with Crippen LogP contribution in [0.3, 0.4) is 0 Å². The molecule has 0 amide bonds. The minimum atomic E-state index is -2.13. The highest BCUT2D eigenvalue weighted by Crippen LogP contribution is 2.16. The maximum absolute atomic E-state index is 11.6. The van der Waals surface area contributed by atoms with Gasteiger partial charge in [0.2, 0.25) is 0 Å². The summed E-state index contributed by atoms with van der Waals surface area (Å²) in [5.74, 6) is 0. The van der Waals surface area contributed by atoms with Gasteiger partial charge in [-0.25, -0.2) is 0 Å². The van der Waals surface area contributed by atoms with Crippen LogP contribution in [-0.2, 0) is 19.3 Å². The standard InChI is InChI=1S/C10H21O4/c1-5-7-8-13-10(11,12-4)14-9(3)6-2/h9H,5-8H2,1-4H3. The van der Waals surface area contributed by atoms with E-state index in [0.29, 0.717) is 6.61 Å². The van der Waals surface area contributed by atoms with Crippen molar-refractivity contribution in [3.63, 3.8) is 0 Å². The fourth-order valence-corrected chi connectivity index (χ4v) is 0.812. The van der Waals surface area contributed by atoms with Crippen molar-refractivity contribution < 1.29 is 19.3 Å². The number of methoxy groups -OCH3 is 1. The van der Waals surface area contributed by atoms with Crippen molar-refractivity contribution in [1.29, 1.82) is 0 Å². The van der Waals surface area contributed by atoms with Crippen LogP contribution in [0.2, 0.25) is 0 Å². The van der Waals surface area contributed by atoms with Crippen molar-refractivity contribution >= 4 is 0 Å². The lowest BCUT2D eigenvalue weighted by molar-refractivity contribution is -0.509. The summed E-state index contributed by atoms with van der Waals surface area (Å²) in [6, 6.07) is 0. The molecule has 0 bridgehead atoms. The van der Waals surface area contributed by atoms with Crippen LogP contribution in [0.1, 0.15) is 40.0 Å². The highest BCUT2D eigenvalue weighted by atomic mass is 17.0. The van der Waals surface area contributed by atoms with Gasteiger partial charge in [-0.3, -0.25) is 4.74 Å². The SMILES string of the molecule is CCCCOC([O])(OC)OC(C)CC. The summed E-state index contributed by atoms with van der Waals surface area (Å²) in [5, 5.41) is 11.6. The van der Waals surface area contributed by atoms with Gasteiger partial charge in [-0.1, -0.05) is 20.3 Å². The van der Waals surface area contributed by atoms with Crippen LogP contribution in [0, 0.1) is 0 Å². The minimum Gasteiger partial charge on any atom is -0.305 e.